The maximum Gasteiger partial charge on any atom is 0.0510 e. The van der Waals surface area contributed by atoms with Gasteiger partial charge in [0.25, 0.3) is 0 Å². The summed E-state index contributed by atoms with van der Waals surface area (Å²) >= 11 is 0. The van der Waals surface area contributed by atoms with E-state index in [1.807, 2.05) is 12.1 Å². The Bertz CT molecular complexity index is 349. The zero-order chi connectivity index (χ0) is 9.10. The minimum Gasteiger partial charge on any atom is -0.0893 e. The van der Waals surface area contributed by atoms with Crippen molar-refractivity contribution < 1.29 is 0 Å². The first-order chi connectivity index (χ1) is 6.40. The summed E-state index contributed by atoms with van der Waals surface area (Å²) in [6.45, 7) is 0.469. The molecule has 0 aliphatic heterocycles. The van der Waals surface area contributed by atoms with Crippen LogP contribution in [0.2, 0.25) is 0 Å². The van der Waals surface area contributed by atoms with Gasteiger partial charge in [0, 0.05) is 4.91 Å². The van der Waals surface area contributed by atoms with Gasteiger partial charge in [-0.1, -0.05) is 29.4 Å². The van der Waals surface area contributed by atoms with Crippen LogP contribution in [0.25, 0.3) is 10.4 Å². The van der Waals surface area contributed by atoms with Crippen molar-refractivity contribution in [2.24, 2.45) is 5.11 Å². The van der Waals surface area contributed by atoms with Gasteiger partial charge in [-0.2, -0.15) is 0 Å². The van der Waals surface area contributed by atoms with E-state index in [1.54, 1.807) is 0 Å². The van der Waals surface area contributed by atoms with Gasteiger partial charge in [-0.3, -0.25) is 0 Å². The fourth-order valence-electron chi connectivity index (χ4n) is 1.48. The van der Waals surface area contributed by atoms with Crippen LogP contribution >= 0.6 is 0 Å². The summed E-state index contributed by atoms with van der Waals surface area (Å²) < 4.78 is 0. The molecule has 0 aromatic heterocycles. The van der Waals surface area contributed by atoms with Gasteiger partial charge in [-0.05, 0) is 35.4 Å². The van der Waals surface area contributed by atoms with Gasteiger partial charge >= 0.3 is 0 Å². The van der Waals surface area contributed by atoms with E-state index in [-0.39, 0.29) is 0 Å². The van der Waals surface area contributed by atoms with E-state index in [2.05, 4.69) is 22.2 Å². The van der Waals surface area contributed by atoms with Gasteiger partial charge in [0.1, 0.15) is 0 Å². The molecule has 0 radical (unpaired) electrons. The summed E-state index contributed by atoms with van der Waals surface area (Å²) in [5.41, 5.74) is 10.7. The van der Waals surface area contributed by atoms with Crippen LogP contribution in [0.4, 0.5) is 0 Å². The fourth-order valence-corrected chi connectivity index (χ4v) is 1.48. The maximum absolute atomic E-state index is 8.18. The zero-order valence-electron chi connectivity index (χ0n) is 7.35. The second-order valence-corrected chi connectivity index (χ2v) is 3.41. The topological polar surface area (TPSA) is 48.8 Å². The Morgan fingerprint density at radius 3 is 3.00 bits per heavy atom. The number of hydrogen-bond acceptors (Lipinski definition) is 1. The second-order valence-electron chi connectivity index (χ2n) is 3.41. The third kappa shape index (κ3) is 2.01. The molecule has 1 fully saturated rings. The van der Waals surface area contributed by atoms with E-state index >= 15 is 0 Å². The number of azide groups is 1. The second kappa shape index (κ2) is 3.50. The fraction of sp³-hybridized carbons (Fsp3) is 0.400. The van der Waals surface area contributed by atoms with Gasteiger partial charge in [-0.15, -0.1) is 0 Å². The van der Waals surface area contributed by atoms with E-state index in [4.69, 9.17) is 5.53 Å². The van der Waals surface area contributed by atoms with E-state index in [9.17, 15) is 0 Å². The van der Waals surface area contributed by atoms with Gasteiger partial charge in [0.15, 0.2) is 0 Å². The van der Waals surface area contributed by atoms with Crippen molar-refractivity contribution in [3.8, 4) is 0 Å². The van der Waals surface area contributed by atoms with E-state index < -0.39 is 0 Å². The average molecular weight is 173 g/mol. The van der Waals surface area contributed by atoms with Crippen molar-refractivity contribution in [1.29, 1.82) is 0 Å². The lowest BCUT2D eigenvalue weighted by atomic mass is 10.1. The standard InChI is InChI=1S/C10H11N3/c11-13-12-7-8-2-1-3-10(6-8)9-4-5-9/h1-3,6,9H,4-5,7H2. The molecule has 2 rings (SSSR count). The summed E-state index contributed by atoms with van der Waals surface area (Å²) in [7, 11) is 0. The highest BCUT2D eigenvalue weighted by atomic mass is 15.1. The van der Waals surface area contributed by atoms with E-state index in [0.29, 0.717) is 6.54 Å². The van der Waals surface area contributed by atoms with Crippen molar-refractivity contribution in [3.63, 3.8) is 0 Å². The normalized spacial score (nSPS) is 15.1. The van der Waals surface area contributed by atoms with E-state index in [0.717, 1.165) is 11.5 Å². The monoisotopic (exact) mass is 173 g/mol. The molecule has 0 N–H and O–H groups in total. The van der Waals surface area contributed by atoms with Crippen molar-refractivity contribution in [2.45, 2.75) is 25.3 Å². The lowest BCUT2D eigenvalue weighted by Crippen LogP contribution is -1.84. The summed E-state index contributed by atoms with van der Waals surface area (Å²) in [5.74, 6) is 0.769. The quantitative estimate of drug-likeness (QED) is 0.382. The molecule has 1 aliphatic carbocycles. The molecule has 66 valence electrons. The lowest BCUT2D eigenvalue weighted by molar-refractivity contribution is 1.03. The first-order valence-corrected chi connectivity index (χ1v) is 4.50. The predicted molar refractivity (Wildman–Crippen MR) is 51.3 cm³/mol. The molecule has 1 aromatic carbocycles. The predicted octanol–water partition coefficient (Wildman–Crippen LogP) is 3.37. The SMILES string of the molecule is [N-]=[N+]=NCc1cccc(C2CC2)c1. The van der Waals surface area contributed by atoms with Gasteiger partial charge in [-0.25, -0.2) is 0 Å². The molecule has 0 bridgehead atoms. The minimum absolute atomic E-state index is 0.469. The largest absolute Gasteiger partial charge is 0.0893 e. The smallest absolute Gasteiger partial charge is 0.0510 e. The van der Waals surface area contributed by atoms with Crippen LogP contribution in [-0.2, 0) is 6.54 Å². The average Bonchev–Trinajstić information content (AvgIpc) is 2.98. The number of nitrogens with zero attached hydrogens (tertiary/aromatic N) is 3. The molecule has 3 nitrogen and oxygen atoms in total. The van der Waals surface area contributed by atoms with Crippen molar-refractivity contribution in [2.75, 3.05) is 0 Å². The molecular formula is C10H11N3. The summed E-state index contributed by atoms with van der Waals surface area (Å²) in [4.78, 5) is 2.75. The molecule has 1 saturated carbocycles. The molecular weight excluding hydrogens is 162 g/mol. The molecule has 0 atom stereocenters. The number of hydrogen-bond donors (Lipinski definition) is 0. The van der Waals surface area contributed by atoms with Crippen LogP contribution in [0.5, 0.6) is 0 Å². The maximum atomic E-state index is 8.18. The molecule has 3 heteroatoms. The van der Waals surface area contributed by atoms with E-state index in [1.165, 1.54) is 18.4 Å². The van der Waals surface area contributed by atoms with Crippen LogP contribution in [0, 0.1) is 0 Å². The molecule has 13 heavy (non-hydrogen) atoms. The van der Waals surface area contributed by atoms with Gasteiger partial charge in [0.2, 0.25) is 0 Å². The molecule has 0 heterocycles. The van der Waals surface area contributed by atoms with Crippen LogP contribution < -0.4 is 0 Å². The van der Waals surface area contributed by atoms with Gasteiger partial charge in [0.05, 0.1) is 6.54 Å². The zero-order valence-corrected chi connectivity index (χ0v) is 7.35. The van der Waals surface area contributed by atoms with Crippen LogP contribution in [0.3, 0.4) is 0 Å². The summed E-state index contributed by atoms with van der Waals surface area (Å²) in [5, 5.41) is 3.54. The summed E-state index contributed by atoms with van der Waals surface area (Å²) in [6.07, 6.45) is 2.62. The third-order valence-corrected chi connectivity index (χ3v) is 2.32. The number of benzene rings is 1. The Labute approximate surface area is 77.0 Å². The lowest BCUT2D eigenvalue weighted by Gasteiger charge is -2.00. The van der Waals surface area contributed by atoms with Crippen LogP contribution in [-0.4, -0.2) is 0 Å². The van der Waals surface area contributed by atoms with Crippen molar-refractivity contribution in [3.05, 3.63) is 45.8 Å². The third-order valence-electron chi connectivity index (χ3n) is 2.32. The Morgan fingerprint density at radius 1 is 1.46 bits per heavy atom. The highest BCUT2D eigenvalue weighted by Crippen LogP contribution is 2.40. The first-order valence-electron chi connectivity index (χ1n) is 4.50. The highest BCUT2D eigenvalue weighted by Gasteiger charge is 2.23. The minimum atomic E-state index is 0.469. The molecule has 0 amide bonds. The van der Waals surface area contributed by atoms with Crippen molar-refractivity contribution in [1.82, 2.24) is 0 Å². The van der Waals surface area contributed by atoms with Crippen LogP contribution in [0.1, 0.15) is 29.9 Å². The molecule has 0 saturated heterocycles. The van der Waals surface area contributed by atoms with Crippen LogP contribution in [0.15, 0.2) is 29.4 Å². The molecule has 0 unspecified atom stereocenters. The first kappa shape index (κ1) is 8.14. The molecule has 1 aromatic rings. The Kier molecular flexibility index (Phi) is 2.19. The number of rotatable bonds is 3. The molecule has 0 spiro atoms. The Balaban J connectivity index is 2.16. The Morgan fingerprint density at radius 2 is 2.31 bits per heavy atom. The van der Waals surface area contributed by atoms with Gasteiger partial charge < -0.3 is 0 Å². The Hall–Kier alpha value is -1.47. The van der Waals surface area contributed by atoms with Crippen molar-refractivity contribution >= 4 is 0 Å². The molecule has 1 aliphatic rings. The highest BCUT2D eigenvalue weighted by molar-refractivity contribution is 5.29. The summed E-state index contributed by atoms with van der Waals surface area (Å²) in [6, 6.07) is 8.33.